The van der Waals surface area contributed by atoms with Crippen molar-refractivity contribution in [3.05, 3.63) is 46.2 Å². The minimum Gasteiger partial charge on any atom is -0.349 e. The van der Waals surface area contributed by atoms with Crippen LogP contribution in [0.2, 0.25) is 10.0 Å². The van der Waals surface area contributed by atoms with Gasteiger partial charge in [-0.05, 0) is 25.0 Å². The van der Waals surface area contributed by atoms with Crippen LogP contribution in [-0.2, 0) is 0 Å². The fraction of sp³-hybridized carbons (Fsp3) is 0.389. The molecule has 7 heteroatoms. The molecule has 1 heterocycles. The zero-order valence-electron chi connectivity index (χ0n) is 13.8. The van der Waals surface area contributed by atoms with Crippen LogP contribution in [0.4, 0.5) is 11.6 Å². The van der Waals surface area contributed by atoms with Gasteiger partial charge < -0.3 is 10.6 Å². The van der Waals surface area contributed by atoms with E-state index < -0.39 is 0 Å². The molecule has 1 aliphatic rings. The summed E-state index contributed by atoms with van der Waals surface area (Å²) in [6.45, 7) is 0. The molecule has 2 aromatic rings. The molecule has 0 radical (unpaired) electrons. The van der Waals surface area contributed by atoms with Gasteiger partial charge in [-0.15, -0.1) is 0 Å². The van der Waals surface area contributed by atoms with Crippen LogP contribution in [0.15, 0.2) is 30.6 Å². The van der Waals surface area contributed by atoms with E-state index >= 15 is 0 Å². The standard InChI is InChI=1S/C18H20Cl2N4O/c19-14-8-5-9-15(16(14)20)24-18-21-10-12(11-22-18)17(25)23-13-6-3-1-2-4-7-13/h5,8-11,13H,1-4,6-7H2,(H,23,25)(H,21,22,24). The number of aromatic nitrogens is 2. The van der Waals surface area contributed by atoms with Crippen molar-refractivity contribution in [2.24, 2.45) is 0 Å². The van der Waals surface area contributed by atoms with E-state index in [1.807, 2.05) is 0 Å². The highest BCUT2D eigenvalue weighted by molar-refractivity contribution is 6.43. The van der Waals surface area contributed by atoms with E-state index in [9.17, 15) is 4.79 Å². The Morgan fingerprint density at radius 2 is 1.72 bits per heavy atom. The van der Waals surface area contributed by atoms with Gasteiger partial charge >= 0.3 is 0 Å². The van der Waals surface area contributed by atoms with Gasteiger partial charge in [-0.1, -0.05) is 55.0 Å². The predicted octanol–water partition coefficient (Wildman–Crippen LogP) is 4.98. The van der Waals surface area contributed by atoms with Crippen molar-refractivity contribution >= 4 is 40.7 Å². The number of anilines is 2. The van der Waals surface area contributed by atoms with E-state index in [1.54, 1.807) is 18.2 Å². The highest BCUT2D eigenvalue weighted by Gasteiger charge is 2.16. The fourth-order valence-electron chi connectivity index (χ4n) is 2.92. The molecule has 25 heavy (non-hydrogen) atoms. The lowest BCUT2D eigenvalue weighted by atomic mass is 10.1. The Hall–Kier alpha value is -1.85. The Kier molecular flexibility index (Phi) is 6.10. The topological polar surface area (TPSA) is 66.9 Å². The largest absolute Gasteiger partial charge is 0.349 e. The predicted molar refractivity (Wildman–Crippen MR) is 101 cm³/mol. The van der Waals surface area contributed by atoms with Crippen LogP contribution < -0.4 is 10.6 Å². The van der Waals surface area contributed by atoms with Gasteiger partial charge in [-0.3, -0.25) is 4.79 Å². The number of nitrogens with zero attached hydrogens (tertiary/aromatic N) is 2. The molecule has 0 aliphatic heterocycles. The molecule has 3 rings (SSSR count). The third kappa shape index (κ3) is 4.83. The molecule has 5 nitrogen and oxygen atoms in total. The van der Waals surface area contributed by atoms with Crippen LogP contribution in [0.5, 0.6) is 0 Å². The van der Waals surface area contributed by atoms with Gasteiger partial charge in [0, 0.05) is 18.4 Å². The molecule has 0 atom stereocenters. The number of hydrogen-bond donors (Lipinski definition) is 2. The molecule has 1 amide bonds. The van der Waals surface area contributed by atoms with E-state index in [0.29, 0.717) is 27.2 Å². The summed E-state index contributed by atoms with van der Waals surface area (Å²) in [5.74, 6) is 0.231. The van der Waals surface area contributed by atoms with Crippen LogP contribution in [0.3, 0.4) is 0 Å². The van der Waals surface area contributed by atoms with Crippen LogP contribution >= 0.6 is 23.2 Å². The SMILES string of the molecule is O=C(NC1CCCCCC1)c1cnc(Nc2cccc(Cl)c2Cl)nc1. The van der Waals surface area contributed by atoms with Gasteiger partial charge in [0.05, 0.1) is 21.3 Å². The summed E-state index contributed by atoms with van der Waals surface area (Å²) < 4.78 is 0. The van der Waals surface area contributed by atoms with E-state index in [4.69, 9.17) is 23.2 Å². The lowest BCUT2D eigenvalue weighted by Crippen LogP contribution is -2.34. The molecule has 0 unspecified atom stereocenters. The van der Waals surface area contributed by atoms with Crippen molar-refractivity contribution in [3.8, 4) is 0 Å². The van der Waals surface area contributed by atoms with Crippen molar-refractivity contribution in [3.63, 3.8) is 0 Å². The Morgan fingerprint density at radius 3 is 2.40 bits per heavy atom. The number of benzene rings is 1. The molecule has 0 bridgehead atoms. The smallest absolute Gasteiger partial charge is 0.254 e. The fourth-order valence-corrected chi connectivity index (χ4v) is 3.27. The molecule has 1 aromatic carbocycles. The first kappa shape index (κ1) is 18.0. The highest BCUT2D eigenvalue weighted by atomic mass is 35.5. The van der Waals surface area contributed by atoms with Gasteiger partial charge in [0.15, 0.2) is 0 Å². The molecule has 132 valence electrons. The number of hydrogen-bond acceptors (Lipinski definition) is 4. The first-order chi connectivity index (χ1) is 12.1. The van der Waals surface area contributed by atoms with Crippen LogP contribution in [0.25, 0.3) is 0 Å². The Morgan fingerprint density at radius 1 is 1.04 bits per heavy atom. The molecular formula is C18H20Cl2N4O. The summed E-state index contributed by atoms with van der Waals surface area (Å²) in [7, 11) is 0. The minimum atomic E-state index is -0.126. The normalized spacial score (nSPS) is 15.4. The highest BCUT2D eigenvalue weighted by Crippen LogP contribution is 2.30. The van der Waals surface area contributed by atoms with Crippen molar-refractivity contribution in [1.82, 2.24) is 15.3 Å². The van der Waals surface area contributed by atoms with Crippen LogP contribution in [-0.4, -0.2) is 21.9 Å². The molecule has 1 aliphatic carbocycles. The van der Waals surface area contributed by atoms with Gasteiger partial charge in [0.1, 0.15) is 0 Å². The molecule has 0 saturated heterocycles. The maximum absolute atomic E-state index is 12.3. The number of halogens is 2. The van der Waals surface area contributed by atoms with Gasteiger partial charge in [0.25, 0.3) is 5.91 Å². The Balaban J connectivity index is 1.63. The average Bonchev–Trinajstić information content (AvgIpc) is 2.88. The summed E-state index contributed by atoms with van der Waals surface area (Å²) in [6, 6.07) is 5.52. The average molecular weight is 379 g/mol. The monoisotopic (exact) mass is 378 g/mol. The molecule has 1 saturated carbocycles. The Labute approximate surface area is 157 Å². The van der Waals surface area contributed by atoms with Crippen LogP contribution in [0, 0.1) is 0 Å². The number of rotatable bonds is 4. The van der Waals surface area contributed by atoms with E-state index in [-0.39, 0.29) is 11.9 Å². The summed E-state index contributed by atoms with van der Waals surface area (Å²) in [6.07, 6.45) is 9.96. The van der Waals surface area contributed by atoms with E-state index in [1.165, 1.54) is 38.1 Å². The first-order valence-corrected chi connectivity index (χ1v) is 9.23. The lowest BCUT2D eigenvalue weighted by Gasteiger charge is -2.16. The van der Waals surface area contributed by atoms with Crippen molar-refractivity contribution in [1.29, 1.82) is 0 Å². The number of carbonyl (C=O) groups excluding carboxylic acids is 1. The molecule has 1 aromatic heterocycles. The summed E-state index contributed by atoms with van der Waals surface area (Å²) >= 11 is 12.1. The molecular weight excluding hydrogens is 359 g/mol. The molecule has 0 spiro atoms. The first-order valence-electron chi connectivity index (χ1n) is 8.47. The second-order valence-corrected chi connectivity index (χ2v) is 6.97. The molecule has 2 N–H and O–H groups in total. The minimum absolute atomic E-state index is 0.126. The number of nitrogens with one attached hydrogen (secondary N) is 2. The Bertz CT molecular complexity index is 728. The summed E-state index contributed by atoms with van der Waals surface area (Å²) in [4.78, 5) is 20.7. The van der Waals surface area contributed by atoms with Gasteiger partial charge in [-0.2, -0.15) is 0 Å². The zero-order valence-corrected chi connectivity index (χ0v) is 15.3. The third-order valence-corrected chi connectivity index (χ3v) is 5.12. The maximum Gasteiger partial charge on any atom is 0.254 e. The third-order valence-electron chi connectivity index (χ3n) is 4.30. The summed E-state index contributed by atoms with van der Waals surface area (Å²) in [5, 5.41) is 6.94. The zero-order chi connectivity index (χ0) is 17.6. The van der Waals surface area contributed by atoms with Crippen LogP contribution in [0.1, 0.15) is 48.9 Å². The van der Waals surface area contributed by atoms with Gasteiger partial charge in [0.2, 0.25) is 5.95 Å². The van der Waals surface area contributed by atoms with Crippen molar-refractivity contribution in [2.75, 3.05) is 5.32 Å². The van der Waals surface area contributed by atoms with E-state index in [2.05, 4.69) is 20.6 Å². The van der Waals surface area contributed by atoms with E-state index in [0.717, 1.165) is 12.8 Å². The van der Waals surface area contributed by atoms with Crippen molar-refractivity contribution < 1.29 is 4.79 Å². The number of carbonyl (C=O) groups is 1. The second kappa shape index (κ2) is 8.50. The lowest BCUT2D eigenvalue weighted by molar-refractivity contribution is 0.0932. The van der Waals surface area contributed by atoms with Crippen molar-refractivity contribution in [2.45, 2.75) is 44.6 Å². The molecule has 1 fully saturated rings. The second-order valence-electron chi connectivity index (χ2n) is 6.18. The maximum atomic E-state index is 12.3. The number of amides is 1. The summed E-state index contributed by atoms with van der Waals surface area (Å²) in [5.41, 5.74) is 1.07. The van der Waals surface area contributed by atoms with Gasteiger partial charge in [-0.25, -0.2) is 9.97 Å². The quantitative estimate of drug-likeness (QED) is 0.736.